The number of rotatable bonds is 6. The molecule has 2 aromatic carbocycles. The van der Waals surface area contributed by atoms with E-state index in [1.54, 1.807) is 0 Å². The normalized spacial score (nSPS) is 13.0. The lowest BCUT2D eigenvalue weighted by Gasteiger charge is -2.03. The van der Waals surface area contributed by atoms with Crippen molar-refractivity contribution in [3.8, 4) is 10.4 Å². The van der Waals surface area contributed by atoms with Crippen molar-refractivity contribution in [2.24, 2.45) is 0 Å². The van der Waals surface area contributed by atoms with Gasteiger partial charge in [-0.1, -0.05) is 50.5 Å². The Hall–Kier alpha value is -2.50. The van der Waals surface area contributed by atoms with E-state index in [1.165, 1.54) is 108 Å². The maximum absolute atomic E-state index is 2.44. The molecular weight excluding hydrogens is 513 g/mol. The number of fused-ring (bicyclic) bond motifs is 8. The van der Waals surface area contributed by atoms with Gasteiger partial charge in [0.25, 0.3) is 0 Å². The number of hydrogen-bond donors (Lipinski definition) is 0. The summed E-state index contributed by atoms with van der Waals surface area (Å²) in [5.41, 5.74) is 5.59. The smallest absolute Gasteiger partial charge is 0.0536 e. The van der Waals surface area contributed by atoms with Gasteiger partial charge < -0.3 is 0 Å². The molecule has 2 aliphatic carbocycles. The molecule has 0 fully saturated rings. The Morgan fingerprint density at radius 2 is 1.39 bits per heavy atom. The van der Waals surface area contributed by atoms with Gasteiger partial charge in [-0.25, -0.2) is 0 Å². The molecule has 0 saturated heterocycles. The zero-order chi connectivity index (χ0) is 23.8. The molecule has 36 heavy (non-hydrogen) atoms. The van der Waals surface area contributed by atoms with Gasteiger partial charge in [0.15, 0.2) is 0 Å². The van der Waals surface area contributed by atoms with E-state index in [1.807, 2.05) is 45.3 Å². The Morgan fingerprint density at radius 3 is 2.14 bits per heavy atom. The van der Waals surface area contributed by atoms with E-state index >= 15 is 0 Å². The van der Waals surface area contributed by atoms with Crippen LogP contribution in [0.15, 0.2) is 53.9 Å². The van der Waals surface area contributed by atoms with Crippen molar-refractivity contribution in [1.29, 1.82) is 0 Å². The van der Waals surface area contributed by atoms with Crippen molar-refractivity contribution in [2.45, 2.75) is 39.0 Å². The van der Waals surface area contributed by atoms with E-state index in [9.17, 15) is 0 Å². The van der Waals surface area contributed by atoms with Crippen LogP contribution in [-0.2, 0) is 6.42 Å². The van der Waals surface area contributed by atoms with Crippen LogP contribution in [0.2, 0.25) is 0 Å². The average Bonchev–Trinajstić information content (AvgIpc) is 3.70. The van der Waals surface area contributed by atoms with E-state index < -0.39 is 0 Å². The third-order valence-corrected chi connectivity index (χ3v) is 12.4. The summed E-state index contributed by atoms with van der Waals surface area (Å²) in [4.78, 5) is 1.39. The van der Waals surface area contributed by atoms with Gasteiger partial charge in [-0.2, -0.15) is 0 Å². The molecule has 0 N–H and O–H groups in total. The largest absolute Gasteiger partial charge is 0.142 e. The molecule has 0 nitrogen and oxygen atoms in total. The minimum atomic E-state index is 1.20. The Kier molecular flexibility index (Phi) is 4.95. The van der Waals surface area contributed by atoms with Crippen molar-refractivity contribution in [3.63, 3.8) is 0 Å². The minimum absolute atomic E-state index is 1.20. The van der Waals surface area contributed by atoms with Gasteiger partial charge in [0.05, 0.1) is 9.40 Å². The van der Waals surface area contributed by atoms with Crippen LogP contribution in [0.3, 0.4) is 0 Å². The van der Waals surface area contributed by atoms with E-state index in [0.717, 1.165) is 0 Å². The molecule has 4 heteroatoms. The monoisotopic (exact) mass is 536 g/mol. The molecular formula is C32H24S4. The van der Waals surface area contributed by atoms with Crippen molar-refractivity contribution in [3.05, 3.63) is 101 Å². The summed E-state index contributed by atoms with van der Waals surface area (Å²) < 4.78 is 8.65. The summed E-state index contributed by atoms with van der Waals surface area (Å²) in [6.45, 7) is 2.28. The highest BCUT2D eigenvalue weighted by molar-refractivity contribution is 7.29. The second kappa shape index (κ2) is 8.26. The molecule has 0 unspecified atom stereocenters. The zero-order valence-corrected chi connectivity index (χ0v) is 23.3. The zero-order valence-electron chi connectivity index (χ0n) is 20.0. The highest BCUT2D eigenvalue weighted by Crippen LogP contribution is 2.37. The Balaban J connectivity index is 1.19. The van der Waals surface area contributed by atoms with E-state index in [4.69, 9.17) is 0 Å². The quantitative estimate of drug-likeness (QED) is 0.186. The van der Waals surface area contributed by atoms with E-state index in [0.29, 0.717) is 0 Å². The Labute approximate surface area is 225 Å². The Morgan fingerprint density at radius 1 is 0.667 bits per heavy atom. The molecule has 4 aromatic heterocycles. The van der Waals surface area contributed by atoms with Crippen LogP contribution in [0.25, 0.3) is 41.4 Å². The molecule has 0 amide bonds. The maximum atomic E-state index is 2.44. The van der Waals surface area contributed by atoms with Crippen LogP contribution in [0.5, 0.6) is 0 Å². The summed E-state index contributed by atoms with van der Waals surface area (Å²) in [5, 5.41) is 7.92. The molecule has 176 valence electrons. The first-order valence-corrected chi connectivity index (χ1v) is 16.1. The van der Waals surface area contributed by atoms with Gasteiger partial charge >= 0.3 is 0 Å². The summed E-state index contributed by atoms with van der Waals surface area (Å²) >= 11 is 7.75. The molecule has 0 aliphatic heterocycles. The fourth-order valence-corrected chi connectivity index (χ4v) is 10.7. The van der Waals surface area contributed by atoms with Gasteiger partial charge in [0, 0.05) is 44.2 Å². The first kappa shape index (κ1) is 21.6. The predicted molar refractivity (Wildman–Crippen MR) is 161 cm³/mol. The second-order valence-electron chi connectivity index (χ2n) is 9.93. The van der Waals surface area contributed by atoms with Crippen LogP contribution in [0, 0.1) is 19.5 Å². The van der Waals surface area contributed by atoms with Crippen molar-refractivity contribution in [2.75, 3.05) is 0 Å². The summed E-state index contributed by atoms with van der Waals surface area (Å²) in [6, 6.07) is 18.9. The number of aryl methyl sites for hydroxylation is 1. The summed E-state index contributed by atoms with van der Waals surface area (Å²) in [7, 11) is 0. The van der Waals surface area contributed by atoms with Crippen molar-refractivity contribution in [1.82, 2.24) is 0 Å². The third kappa shape index (κ3) is 3.21. The molecule has 0 saturated carbocycles. The SMILES string of the molecule is CCCCCCc1ccc(-c2cc3sc4c(c3s2)=Cc2cc3c(cc2=4)C=c2c=3sc3ccsc23)cc1. The topological polar surface area (TPSA) is 0 Å². The van der Waals surface area contributed by atoms with Crippen LogP contribution in [0.4, 0.5) is 0 Å². The number of thiophene rings is 4. The highest BCUT2D eigenvalue weighted by Gasteiger charge is 2.16. The van der Waals surface area contributed by atoms with Crippen LogP contribution in [-0.4, -0.2) is 0 Å². The molecule has 0 radical (unpaired) electrons. The molecule has 2 aliphatic rings. The van der Waals surface area contributed by atoms with Gasteiger partial charge in [0.1, 0.15) is 0 Å². The number of benzene rings is 2. The Bertz CT molecular complexity index is 2130. The first-order chi connectivity index (χ1) is 17.8. The minimum Gasteiger partial charge on any atom is -0.142 e. The van der Waals surface area contributed by atoms with Crippen LogP contribution >= 0.6 is 45.3 Å². The van der Waals surface area contributed by atoms with Crippen LogP contribution < -0.4 is 10.4 Å². The predicted octanol–water partition coefficient (Wildman–Crippen LogP) is 8.89. The summed E-state index contributed by atoms with van der Waals surface area (Å²) in [5.74, 6) is 0. The fourth-order valence-electron chi connectivity index (χ4n) is 5.72. The van der Waals surface area contributed by atoms with Crippen LogP contribution in [0.1, 0.15) is 49.3 Å². The third-order valence-electron chi connectivity index (χ3n) is 7.60. The lowest BCUT2D eigenvalue weighted by molar-refractivity contribution is 0.667. The average molecular weight is 537 g/mol. The first-order valence-electron chi connectivity index (χ1n) is 12.8. The van der Waals surface area contributed by atoms with E-state index in [2.05, 4.69) is 73.0 Å². The molecule has 4 heterocycles. The van der Waals surface area contributed by atoms with Gasteiger partial charge in [-0.05, 0) is 76.9 Å². The van der Waals surface area contributed by atoms with Crippen molar-refractivity contribution >= 4 is 76.3 Å². The fraction of sp³-hybridized carbons (Fsp3) is 0.188. The molecule has 6 aromatic rings. The van der Waals surface area contributed by atoms with Gasteiger partial charge in [-0.3, -0.25) is 0 Å². The lowest BCUT2D eigenvalue weighted by atomic mass is 10.0. The van der Waals surface area contributed by atoms with Gasteiger partial charge in [0.2, 0.25) is 0 Å². The lowest BCUT2D eigenvalue weighted by Crippen LogP contribution is -1.92. The number of unbranched alkanes of at least 4 members (excludes halogenated alkanes) is 3. The second-order valence-corrected chi connectivity index (χ2v) is 14.0. The highest BCUT2D eigenvalue weighted by atomic mass is 32.1. The maximum Gasteiger partial charge on any atom is 0.0536 e. The molecule has 8 rings (SSSR count). The van der Waals surface area contributed by atoms with Gasteiger partial charge in [-0.15, -0.1) is 45.3 Å². The van der Waals surface area contributed by atoms with Crippen molar-refractivity contribution < 1.29 is 0 Å². The number of hydrogen-bond acceptors (Lipinski definition) is 4. The summed E-state index contributed by atoms with van der Waals surface area (Å²) in [6.07, 6.45) is 11.4. The van der Waals surface area contributed by atoms with E-state index in [-0.39, 0.29) is 0 Å². The molecule has 0 atom stereocenters. The molecule has 0 bridgehead atoms. The molecule has 0 spiro atoms. The standard InChI is InChI=1S/C32H24S4/c1-2-3-4-5-6-18-7-9-19(10-8-18)27-17-28-32(35-27)25-16-21-14-22-20(13-23(21)30(25)36-28)15-24-29(22)34-26-11-12-33-31(24)26/h7-17H,2-6H2,1H3.